The minimum absolute atomic E-state index is 0.341. The molecule has 0 saturated carbocycles. The molecular weight excluding hydrogens is 204 g/mol. The van der Waals surface area contributed by atoms with Gasteiger partial charge >= 0.3 is 0 Å². The highest BCUT2D eigenvalue weighted by Gasteiger charge is 2.12. The lowest BCUT2D eigenvalue weighted by Crippen LogP contribution is -2.06. The molecule has 4 nitrogen and oxygen atoms in total. The molecule has 0 fully saturated rings. The van der Waals surface area contributed by atoms with Crippen LogP contribution in [0.2, 0.25) is 0 Å². The van der Waals surface area contributed by atoms with E-state index in [-0.39, 0.29) is 0 Å². The summed E-state index contributed by atoms with van der Waals surface area (Å²) in [7, 11) is 0. The molecule has 1 aromatic rings. The maximum absolute atomic E-state index is 9.75. The molecule has 0 saturated heterocycles. The molecule has 1 heterocycles. The van der Waals surface area contributed by atoms with Gasteiger partial charge in [-0.25, -0.2) is 4.98 Å². The van der Waals surface area contributed by atoms with Gasteiger partial charge in [0.25, 0.3) is 0 Å². The van der Waals surface area contributed by atoms with Gasteiger partial charge in [-0.3, -0.25) is 0 Å². The molecule has 0 radical (unpaired) electrons. The van der Waals surface area contributed by atoms with Gasteiger partial charge in [-0.15, -0.1) is 0 Å². The summed E-state index contributed by atoms with van der Waals surface area (Å²) >= 11 is 0. The van der Waals surface area contributed by atoms with Crippen LogP contribution in [-0.2, 0) is 0 Å². The molecule has 1 aromatic heterocycles. The highest BCUT2D eigenvalue weighted by molar-refractivity contribution is 4.93. The Balaban J connectivity index is 2.11. The Labute approximate surface area is 96.9 Å². The lowest BCUT2D eigenvalue weighted by molar-refractivity contribution is 0.102. The quantitative estimate of drug-likeness (QED) is 0.529. The number of aliphatic hydroxyl groups excluding tert-OH is 1. The predicted octanol–water partition coefficient (Wildman–Crippen LogP) is 2.90. The molecule has 0 aliphatic heterocycles. The first-order chi connectivity index (χ1) is 7.75. The van der Waals surface area contributed by atoms with E-state index in [0.717, 1.165) is 17.6 Å². The van der Waals surface area contributed by atoms with E-state index >= 15 is 0 Å². The standard InChI is InChI=1S/C12H22N2O2/c1-2-3-4-5-6-7-8-11(15)12-13-9-10-14(12)16/h9-11,15-16H,2-8H2,1H3. The van der Waals surface area contributed by atoms with Gasteiger partial charge in [0.15, 0.2) is 5.82 Å². The third-order valence-corrected chi connectivity index (χ3v) is 2.78. The fourth-order valence-corrected chi connectivity index (χ4v) is 1.79. The monoisotopic (exact) mass is 226 g/mol. The third-order valence-electron chi connectivity index (χ3n) is 2.78. The van der Waals surface area contributed by atoms with Crippen LogP contribution in [0.3, 0.4) is 0 Å². The van der Waals surface area contributed by atoms with Crippen LogP contribution in [0.4, 0.5) is 0 Å². The van der Waals surface area contributed by atoms with Gasteiger partial charge in [-0.2, -0.15) is 4.73 Å². The van der Waals surface area contributed by atoms with Crippen molar-refractivity contribution >= 4 is 0 Å². The van der Waals surface area contributed by atoms with Crippen molar-refractivity contribution in [1.82, 2.24) is 9.71 Å². The molecule has 0 aliphatic carbocycles. The summed E-state index contributed by atoms with van der Waals surface area (Å²) in [4.78, 5) is 3.91. The van der Waals surface area contributed by atoms with E-state index in [0.29, 0.717) is 12.2 Å². The molecule has 1 atom stereocenters. The Morgan fingerprint density at radius 2 is 1.94 bits per heavy atom. The van der Waals surface area contributed by atoms with Crippen molar-refractivity contribution in [1.29, 1.82) is 0 Å². The van der Waals surface area contributed by atoms with Crippen LogP contribution in [0.1, 0.15) is 63.8 Å². The van der Waals surface area contributed by atoms with Crippen molar-refractivity contribution in [3.63, 3.8) is 0 Å². The van der Waals surface area contributed by atoms with Gasteiger partial charge in [0.1, 0.15) is 6.10 Å². The fraction of sp³-hybridized carbons (Fsp3) is 0.750. The van der Waals surface area contributed by atoms with Gasteiger partial charge in [0.05, 0.1) is 6.20 Å². The van der Waals surface area contributed by atoms with Crippen molar-refractivity contribution in [2.75, 3.05) is 0 Å². The predicted molar refractivity (Wildman–Crippen MR) is 62.4 cm³/mol. The van der Waals surface area contributed by atoms with Crippen molar-refractivity contribution in [2.45, 2.75) is 58.0 Å². The second-order valence-corrected chi connectivity index (χ2v) is 4.20. The molecule has 0 bridgehead atoms. The molecule has 4 heteroatoms. The Bertz CT molecular complexity index is 286. The lowest BCUT2D eigenvalue weighted by atomic mass is 10.1. The largest absolute Gasteiger partial charge is 0.427 e. The van der Waals surface area contributed by atoms with Gasteiger partial charge in [0, 0.05) is 6.20 Å². The van der Waals surface area contributed by atoms with Crippen LogP contribution in [0.15, 0.2) is 12.4 Å². The van der Waals surface area contributed by atoms with E-state index in [1.54, 1.807) is 0 Å². The molecule has 92 valence electrons. The Morgan fingerprint density at radius 3 is 2.56 bits per heavy atom. The first kappa shape index (κ1) is 13.0. The number of hydrogen-bond acceptors (Lipinski definition) is 3. The molecule has 1 unspecified atom stereocenters. The van der Waals surface area contributed by atoms with Gasteiger partial charge < -0.3 is 10.3 Å². The summed E-state index contributed by atoms with van der Waals surface area (Å²) in [6, 6.07) is 0. The Morgan fingerprint density at radius 1 is 1.25 bits per heavy atom. The van der Waals surface area contributed by atoms with Gasteiger partial charge in [0.2, 0.25) is 0 Å². The van der Waals surface area contributed by atoms with Crippen LogP contribution in [0.5, 0.6) is 0 Å². The lowest BCUT2D eigenvalue weighted by Gasteiger charge is -2.09. The van der Waals surface area contributed by atoms with Crippen LogP contribution >= 0.6 is 0 Å². The molecule has 0 spiro atoms. The second-order valence-electron chi connectivity index (χ2n) is 4.20. The minimum Gasteiger partial charge on any atom is -0.427 e. The molecular formula is C12H22N2O2. The van der Waals surface area contributed by atoms with Crippen molar-refractivity contribution in [2.24, 2.45) is 0 Å². The number of rotatable bonds is 8. The van der Waals surface area contributed by atoms with E-state index in [1.807, 2.05) is 0 Å². The van der Waals surface area contributed by atoms with Gasteiger partial charge in [-0.05, 0) is 6.42 Å². The smallest absolute Gasteiger partial charge is 0.173 e. The summed E-state index contributed by atoms with van der Waals surface area (Å²) in [6.45, 7) is 2.20. The van der Waals surface area contributed by atoms with Crippen LogP contribution in [-0.4, -0.2) is 20.0 Å². The van der Waals surface area contributed by atoms with Gasteiger partial charge in [-0.1, -0.05) is 45.4 Å². The number of aromatic nitrogens is 2. The zero-order valence-corrected chi connectivity index (χ0v) is 9.97. The summed E-state index contributed by atoms with van der Waals surface area (Å²) in [5, 5.41) is 19.0. The topological polar surface area (TPSA) is 58.3 Å². The molecule has 1 rings (SSSR count). The molecule has 0 amide bonds. The van der Waals surface area contributed by atoms with Crippen LogP contribution in [0.25, 0.3) is 0 Å². The Kier molecular flexibility index (Phi) is 5.93. The number of imidazole rings is 1. The highest BCUT2D eigenvalue weighted by Crippen LogP contribution is 2.18. The number of hydrogen-bond donors (Lipinski definition) is 2. The molecule has 2 N–H and O–H groups in total. The summed E-state index contributed by atoms with van der Waals surface area (Å²) in [5.41, 5.74) is 0. The maximum atomic E-state index is 9.75. The zero-order valence-electron chi connectivity index (χ0n) is 9.97. The van der Waals surface area contributed by atoms with Crippen molar-refractivity contribution < 1.29 is 10.3 Å². The molecule has 0 aromatic carbocycles. The number of unbranched alkanes of at least 4 members (excludes halogenated alkanes) is 5. The fourth-order valence-electron chi connectivity index (χ4n) is 1.79. The highest BCUT2D eigenvalue weighted by atomic mass is 16.5. The third kappa shape index (κ3) is 4.23. The average molecular weight is 226 g/mol. The Hall–Kier alpha value is -1.03. The summed E-state index contributed by atoms with van der Waals surface area (Å²) in [5.74, 6) is 0.341. The number of aliphatic hydroxyl groups is 1. The SMILES string of the molecule is CCCCCCCCC(O)c1nccn1O. The van der Waals surface area contributed by atoms with E-state index in [2.05, 4.69) is 11.9 Å². The van der Waals surface area contributed by atoms with Crippen molar-refractivity contribution in [3.05, 3.63) is 18.2 Å². The average Bonchev–Trinajstić information content (AvgIpc) is 2.69. The van der Waals surface area contributed by atoms with E-state index < -0.39 is 6.10 Å². The molecule has 16 heavy (non-hydrogen) atoms. The maximum Gasteiger partial charge on any atom is 0.173 e. The van der Waals surface area contributed by atoms with E-state index in [9.17, 15) is 10.3 Å². The summed E-state index contributed by atoms with van der Waals surface area (Å²) < 4.78 is 0.891. The van der Waals surface area contributed by atoms with Crippen molar-refractivity contribution in [3.8, 4) is 0 Å². The first-order valence-electron chi connectivity index (χ1n) is 6.16. The van der Waals surface area contributed by atoms with E-state index in [4.69, 9.17) is 0 Å². The zero-order chi connectivity index (χ0) is 11.8. The second kappa shape index (κ2) is 7.28. The normalized spacial score (nSPS) is 12.9. The van der Waals surface area contributed by atoms with Crippen LogP contribution < -0.4 is 0 Å². The molecule has 0 aliphatic rings. The number of nitrogens with zero attached hydrogens (tertiary/aromatic N) is 2. The van der Waals surface area contributed by atoms with E-state index in [1.165, 1.54) is 38.1 Å². The first-order valence-corrected chi connectivity index (χ1v) is 6.16. The van der Waals surface area contributed by atoms with Crippen LogP contribution in [0, 0.1) is 0 Å². The minimum atomic E-state index is -0.647. The summed E-state index contributed by atoms with van der Waals surface area (Å²) in [6.07, 6.45) is 10.1.